The molecule has 2 unspecified atom stereocenters. The lowest BCUT2D eigenvalue weighted by Gasteiger charge is -2.35. The lowest BCUT2D eigenvalue weighted by Crippen LogP contribution is -2.47. The minimum absolute atomic E-state index is 0. The average molecular weight is 289 g/mol. The quantitative estimate of drug-likeness (QED) is 0.805. The average Bonchev–Trinajstić information content (AvgIpc) is 2.50. The van der Waals surface area contributed by atoms with Crippen molar-refractivity contribution in [2.75, 3.05) is 13.1 Å². The van der Waals surface area contributed by atoms with Crippen LogP contribution in [0.25, 0.3) is 0 Å². The lowest BCUT2D eigenvalue weighted by atomic mass is 9.91. The van der Waals surface area contributed by atoms with E-state index in [1.54, 1.807) is 0 Å². The molecule has 19 heavy (non-hydrogen) atoms. The third-order valence-electron chi connectivity index (χ3n) is 4.62. The smallest absolute Gasteiger partial charge is 0.226 e. The Labute approximate surface area is 123 Å². The van der Waals surface area contributed by atoms with Gasteiger partial charge in [-0.25, -0.2) is 0 Å². The first kappa shape index (κ1) is 16.8. The highest BCUT2D eigenvalue weighted by molar-refractivity contribution is 5.85. The maximum atomic E-state index is 12.7. The zero-order chi connectivity index (χ0) is 13.1. The minimum atomic E-state index is 0. The number of halogens is 1. The number of rotatable bonds is 1. The van der Waals surface area contributed by atoms with Crippen molar-refractivity contribution < 1.29 is 4.79 Å². The molecule has 3 nitrogen and oxygen atoms in total. The number of nitrogens with zero attached hydrogens (tertiary/aromatic N) is 1. The monoisotopic (exact) mass is 288 g/mol. The molecular weight excluding hydrogens is 260 g/mol. The summed E-state index contributed by atoms with van der Waals surface area (Å²) in [5, 5.41) is 3.43. The summed E-state index contributed by atoms with van der Waals surface area (Å²) in [5.74, 6) is 1.34. The van der Waals surface area contributed by atoms with Crippen LogP contribution >= 0.6 is 12.4 Å². The number of nitrogens with one attached hydrogen (secondary N) is 1. The highest BCUT2D eigenvalue weighted by Crippen LogP contribution is 2.25. The van der Waals surface area contributed by atoms with Gasteiger partial charge in [-0.2, -0.15) is 0 Å². The highest BCUT2D eigenvalue weighted by Gasteiger charge is 2.32. The Morgan fingerprint density at radius 3 is 2.58 bits per heavy atom. The van der Waals surface area contributed by atoms with Gasteiger partial charge in [-0.15, -0.1) is 12.4 Å². The molecule has 2 rings (SSSR count). The van der Waals surface area contributed by atoms with Crippen molar-refractivity contribution >= 4 is 18.3 Å². The SMILES string of the molecule is CC1CCCC(C)N(C(=O)[C@H]2CCN[C@@H](C)C2)C1.Cl. The molecule has 0 bridgehead atoms. The number of carbonyl (C=O) groups is 1. The summed E-state index contributed by atoms with van der Waals surface area (Å²) in [6, 6.07) is 0.931. The van der Waals surface area contributed by atoms with Crippen LogP contribution in [0, 0.1) is 11.8 Å². The van der Waals surface area contributed by atoms with Gasteiger partial charge >= 0.3 is 0 Å². The fourth-order valence-corrected chi connectivity index (χ4v) is 3.42. The Balaban J connectivity index is 0.00000180. The fourth-order valence-electron chi connectivity index (χ4n) is 3.42. The van der Waals surface area contributed by atoms with Gasteiger partial charge in [0.05, 0.1) is 0 Å². The van der Waals surface area contributed by atoms with Crippen LogP contribution in [0.1, 0.15) is 52.9 Å². The maximum absolute atomic E-state index is 12.7. The third kappa shape index (κ3) is 4.35. The molecular formula is C15H29ClN2O. The van der Waals surface area contributed by atoms with Crippen LogP contribution in [0.3, 0.4) is 0 Å². The summed E-state index contributed by atoms with van der Waals surface area (Å²) in [6.07, 6.45) is 5.75. The predicted octanol–water partition coefficient (Wildman–Crippen LogP) is 2.83. The number of hydrogen-bond acceptors (Lipinski definition) is 2. The van der Waals surface area contributed by atoms with Crippen molar-refractivity contribution in [3.8, 4) is 0 Å². The van der Waals surface area contributed by atoms with Crippen LogP contribution in [-0.4, -0.2) is 36.0 Å². The van der Waals surface area contributed by atoms with Crippen molar-refractivity contribution in [1.82, 2.24) is 10.2 Å². The molecule has 2 aliphatic heterocycles. The van der Waals surface area contributed by atoms with Crippen LogP contribution in [0.2, 0.25) is 0 Å². The van der Waals surface area contributed by atoms with Gasteiger partial charge in [0, 0.05) is 24.5 Å². The van der Waals surface area contributed by atoms with Gasteiger partial charge < -0.3 is 10.2 Å². The molecule has 0 aliphatic carbocycles. The van der Waals surface area contributed by atoms with E-state index < -0.39 is 0 Å². The van der Waals surface area contributed by atoms with Crippen molar-refractivity contribution in [3.63, 3.8) is 0 Å². The first-order valence-corrected chi connectivity index (χ1v) is 7.61. The molecule has 2 saturated heterocycles. The summed E-state index contributed by atoms with van der Waals surface area (Å²) in [5.41, 5.74) is 0. The third-order valence-corrected chi connectivity index (χ3v) is 4.62. The van der Waals surface area contributed by atoms with Gasteiger partial charge in [0.15, 0.2) is 0 Å². The normalized spacial score (nSPS) is 36.3. The van der Waals surface area contributed by atoms with Gasteiger partial charge in [-0.1, -0.05) is 13.3 Å². The summed E-state index contributed by atoms with van der Waals surface area (Å²) in [4.78, 5) is 14.9. The second kappa shape index (κ2) is 7.49. The first-order chi connectivity index (χ1) is 8.58. The molecule has 2 fully saturated rings. The Morgan fingerprint density at radius 1 is 1.16 bits per heavy atom. The van der Waals surface area contributed by atoms with Crippen LogP contribution < -0.4 is 5.32 Å². The van der Waals surface area contributed by atoms with E-state index in [9.17, 15) is 4.79 Å². The second-order valence-corrected chi connectivity index (χ2v) is 6.45. The van der Waals surface area contributed by atoms with E-state index in [0.717, 1.165) is 25.9 Å². The topological polar surface area (TPSA) is 32.3 Å². The molecule has 1 N–H and O–H groups in total. The molecule has 0 radical (unpaired) electrons. The molecule has 0 aromatic heterocycles. The second-order valence-electron chi connectivity index (χ2n) is 6.45. The van der Waals surface area contributed by atoms with Gasteiger partial charge in [-0.3, -0.25) is 4.79 Å². The Morgan fingerprint density at radius 2 is 1.89 bits per heavy atom. The van der Waals surface area contributed by atoms with Crippen LogP contribution in [0.4, 0.5) is 0 Å². The zero-order valence-electron chi connectivity index (χ0n) is 12.5. The maximum Gasteiger partial charge on any atom is 0.226 e. The molecule has 2 heterocycles. The highest BCUT2D eigenvalue weighted by atomic mass is 35.5. The molecule has 0 saturated carbocycles. The summed E-state index contributed by atoms with van der Waals surface area (Å²) >= 11 is 0. The molecule has 2 aliphatic rings. The van der Waals surface area contributed by atoms with Gasteiger partial charge in [0.2, 0.25) is 5.91 Å². The van der Waals surface area contributed by atoms with Gasteiger partial charge in [0.1, 0.15) is 0 Å². The van der Waals surface area contributed by atoms with E-state index in [2.05, 4.69) is 31.0 Å². The molecule has 112 valence electrons. The number of amides is 1. The molecule has 1 amide bonds. The Kier molecular flexibility index (Phi) is 6.61. The zero-order valence-corrected chi connectivity index (χ0v) is 13.3. The van der Waals surface area contributed by atoms with Crippen molar-refractivity contribution in [1.29, 1.82) is 0 Å². The van der Waals surface area contributed by atoms with Gasteiger partial charge in [-0.05, 0) is 52.0 Å². The summed E-state index contributed by atoms with van der Waals surface area (Å²) in [6.45, 7) is 8.66. The van der Waals surface area contributed by atoms with Gasteiger partial charge in [0.25, 0.3) is 0 Å². The summed E-state index contributed by atoms with van der Waals surface area (Å²) < 4.78 is 0. The van der Waals surface area contributed by atoms with Crippen LogP contribution in [-0.2, 0) is 4.79 Å². The largest absolute Gasteiger partial charge is 0.339 e. The number of piperidine rings is 1. The van der Waals surface area contributed by atoms with E-state index in [4.69, 9.17) is 0 Å². The Bertz CT molecular complexity index is 298. The molecule has 4 heteroatoms. The van der Waals surface area contributed by atoms with E-state index in [1.807, 2.05) is 0 Å². The summed E-state index contributed by atoms with van der Waals surface area (Å²) in [7, 11) is 0. The minimum Gasteiger partial charge on any atom is -0.339 e. The number of likely N-dealkylation sites (tertiary alicyclic amines) is 1. The van der Waals surface area contributed by atoms with E-state index in [1.165, 1.54) is 19.3 Å². The van der Waals surface area contributed by atoms with Crippen molar-refractivity contribution in [3.05, 3.63) is 0 Å². The predicted molar refractivity (Wildman–Crippen MR) is 81.6 cm³/mol. The van der Waals surface area contributed by atoms with Crippen molar-refractivity contribution in [2.45, 2.75) is 65.0 Å². The van der Waals surface area contributed by atoms with E-state index >= 15 is 0 Å². The molecule has 0 spiro atoms. The van der Waals surface area contributed by atoms with Crippen LogP contribution in [0.15, 0.2) is 0 Å². The van der Waals surface area contributed by atoms with E-state index in [0.29, 0.717) is 23.9 Å². The molecule has 0 aromatic carbocycles. The van der Waals surface area contributed by atoms with Crippen molar-refractivity contribution in [2.24, 2.45) is 11.8 Å². The Hall–Kier alpha value is -0.280. The van der Waals surface area contributed by atoms with E-state index in [-0.39, 0.29) is 18.3 Å². The fraction of sp³-hybridized carbons (Fsp3) is 0.933. The lowest BCUT2D eigenvalue weighted by molar-refractivity contribution is -0.139. The number of carbonyl (C=O) groups excluding carboxylic acids is 1. The number of hydrogen-bond donors (Lipinski definition) is 1. The molecule has 4 atom stereocenters. The molecule has 0 aromatic rings. The van der Waals surface area contributed by atoms with Crippen LogP contribution in [0.5, 0.6) is 0 Å². The first-order valence-electron chi connectivity index (χ1n) is 7.61. The standard InChI is InChI=1S/C15H28N2O.ClH/c1-11-5-4-6-13(3)17(10-11)15(18)14-7-8-16-12(2)9-14;/h11-14,16H,4-10H2,1-3H3;1H/t11?,12-,13?,14-;/m0./s1.